The Morgan fingerprint density at radius 1 is 1.16 bits per heavy atom. The number of fused-ring (bicyclic) bond motifs is 1. The van der Waals surface area contributed by atoms with Crippen LogP contribution in [0.25, 0.3) is 0 Å². The third-order valence-corrected chi connectivity index (χ3v) is 4.86. The van der Waals surface area contributed by atoms with Crippen LogP contribution in [0.1, 0.15) is 44.1 Å². The van der Waals surface area contributed by atoms with Crippen molar-refractivity contribution in [2.24, 2.45) is 5.92 Å². The Bertz CT molecular complexity index is 470. The summed E-state index contributed by atoms with van der Waals surface area (Å²) in [6, 6.07) is 4.04. The lowest BCUT2D eigenvalue weighted by Gasteiger charge is -2.46. The smallest absolute Gasteiger partial charge is 0.128 e. The lowest BCUT2D eigenvalue weighted by molar-refractivity contribution is 0.244. The Morgan fingerprint density at radius 3 is 2.74 bits per heavy atom. The van der Waals surface area contributed by atoms with Crippen LogP contribution in [0.3, 0.4) is 0 Å². The van der Waals surface area contributed by atoms with Gasteiger partial charge in [-0.1, -0.05) is 12.8 Å². The zero-order valence-corrected chi connectivity index (χ0v) is 11.7. The van der Waals surface area contributed by atoms with Crippen molar-refractivity contribution in [1.29, 1.82) is 0 Å². The van der Waals surface area contributed by atoms with Gasteiger partial charge in [0.25, 0.3) is 0 Å². The van der Waals surface area contributed by atoms with Gasteiger partial charge in [-0.25, -0.2) is 4.39 Å². The van der Waals surface area contributed by atoms with Gasteiger partial charge >= 0.3 is 0 Å². The lowest BCUT2D eigenvalue weighted by atomic mass is 9.78. The van der Waals surface area contributed by atoms with E-state index in [1.165, 1.54) is 44.6 Å². The first-order chi connectivity index (χ1) is 9.16. The second kappa shape index (κ2) is 5.03. The molecule has 0 aromatic heterocycles. The highest BCUT2D eigenvalue weighted by atomic mass is 19.1. The Kier molecular flexibility index (Phi) is 3.38. The van der Waals surface area contributed by atoms with Crippen LogP contribution in [0.15, 0.2) is 12.1 Å². The minimum Gasteiger partial charge on any atom is -0.397 e. The van der Waals surface area contributed by atoms with E-state index in [2.05, 4.69) is 4.90 Å². The van der Waals surface area contributed by atoms with E-state index in [1.807, 2.05) is 13.0 Å². The van der Waals surface area contributed by atoms with E-state index in [0.717, 1.165) is 18.2 Å². The molecule has 2 nitrogen and oxygen atoms in total. The van der Waals surface area contributed by atoms with Gasteiger partial charge in [0.2, 0.25) is 0 Å². The number of aryl methyl sites for hydroxylation is 1. The van der Waals surface area contributed by atoms with Crippen molar-refractivity contribution in [2.45, 2.75) is 51.5 Å². The normalized spacial score (nSPS) is 27.2. The number of nitrogens with zero attached hydrogens (tertiary/aromatic N) is 1. The van der Waals surface area contributed by atoms with Crippen LogP contribution in [0.5, 0.6) is 0 Å². The van der Waals surface area contributed by atoms with Gasteiger partial charge in [-0.2, -0.15) is 0 Å². The Balaban J connectivity index is 1.93. The highest BCUT2D eigenvalue weighted by molar-refractivity contribution is 5.69. The number of nitrogen functional groups attached to an aromatic ring is 1. The molecule has 2 N–H and O–H groups in total. The zero-order valence-electron chi connectivity index (χ0n) is 11.7. The van der Waals surface area contributed by atoms with Gasteiger partial charge in [0.1, 0.15) is 5.82 Å². The Morgan fingerprint density at radius 2 is 1.89 bits per heavy atom. The molecule has 1 aliphatic carbocycles. The van der Waals surface area contributed by atoms with Gasteiger partial charge in [0.05, 0.1) is 11.4 Å². The molecule has 2 fully saturated rings. The second-order valence-corrected chi connectivity index (χ2v) is 6.11. The molecule has 3 rings (SSSR count). The van der Waals surface area contributed by atoms with E-state index in [4.69, 9.17) is 5.73 Å². The predicted octanol–water partition coefficient (Wildman–Crippen LogP) is 3.88. The summed E-state index contributed by atoms with van der Waals surface area (Å²) in [7, 11) is 0. The number of piperidine rings is 1. The van der Waals surface area contributed by atoms with Crippen molar-refractivity contribution in [3.63, 3.8) is 0 Å². The van der Waals surface area contributed by atoms with E-state index in [1.54, 1.807) is 0 Å². The molecule has 104 valence electrons. The maximum absolute atomic E-state index is 13.6. The highest BCUT2D eigenvalue weighted by Gasteiger charge is 2.34. The van der Waals surface area contributed by atoms with E-state index in [-0.39, 0.29) is 5.82 Å². The first kappa shape index (κ1) is 12.8. The first-order valence-electron chi connectivity index (χ1n) is 7.49. The fraction of sp³-hybridized carbons (Fsp3) is 0.625. The van der Waals surface area contributed by atoms with Gasteiger partial charge in [-0.3, -0.25) is 0 Å². The number of halogens is 1. The Labute approximate surface area is 114 Å². The molecule has 19 heavy (non-hydrogen) atoms. The molecule has 0 radical (unpaired) electrons. The molecule has 1 aliphatic heterocycles. The Hall–Kier alpha value is -1.25. The van der Waals surface area contributed by atoms with Crippen molar-refractivity contribution >= 4 is 11.4 Å². The fourth-order valence-corrected chi connectivity index (χ4v) is 3.85. The number of benzene rings is 1. The SMILES string of the molecule is Cc1cc(N2CCCC3CCCCC32)c(N)cc1F. The van der Waals surface area contributed by atoms with E-state index >= 15 is 0 Å². The molecule has 2 aliphatic rings. The molecule has 0 spiro atoms. The van der Waals surface area contributed by atoms with Crippen molar-refractivity contribution in [2.75, 3.05) is 17.2 Å². The average Bonchev–Trinajstić information content (AvgIpc) is 2.42. The quantitative estimate of drug-likeness (QED) is 0.778. The molecule has 1 saturated heterocycles. The number of anilines is 2. The second-order valence-electron chi connectivity index (χ2n) is 6.11. The van der Waals surface area contributed by atoms with Crippen molar-refractivity contribution in [1.82, 2.24) is 0 Å². The molecule has 1 aromatic carbocycles. The molecule has 0 amide bonds. The predicted molar refractivity (Wildman–Crippen MR) is 77.9 cm³/mol. The molecule has 1 heterocycles. The summed E-state index contributed by atoms with van der Waals surface area (Å²) in [5.41, 5.74) is 8.40. The third-order valence-electron chi connectivity index (χ3n) is 4.86. The van der Waals surface area contributed by atoms with Crippen LogP contribution in [-0.4, -0.2) is 12.6 Å². The minimum absolute atomic E-state index is 0.196. The van der Waals surface area contributed by atoms with E-state index in [0.29, 0.717) is 17.3 Å². The average molecular weight is 262 g/mol. The monoisotopic (exact) mass is 262 g/mol. The molecule has 1 saturated carbocycles. The standard InChI is InChI=1S/C16H23FN2/c1-11-9-16(14(18)10-13(11)17)19-8-4-6-12-5-2-3-7-15(12)19/h9-10,12,15H,2-8,18H2,1H3. The number of hydrogen-bond acceptors (Lipinski definition) is 2. The van der Waals surface area contributed by atoms with E-state index < -0.39 is 0 Å². The molecular formula is C16H23FN2. The lowest BCUT2D eigenvalue weighted by Crippen LogP contribution is -2.47. The summed E-state index contributed by atoms with van der Waals surface area (Å²) in [4.78, 5) is 2.45. The topological polar surface area (TPSA) is 29.3 Å². The molecular weight excluding hydrogens is 239 g/mol. The van der Waals surface area contributed by atoms with E-state index in [9.17, 15) is 4.39 Å². The summed E-state index contributed by atoms with van der Waals surface area (Å²) in [5, 5.41) is 0. The van der Waals surface area contributed by atoms with Crippen LogP contribution < -0.4 is 10.6 Å². The molecule has 1 aromatic rings. The van der Waals surface area contributed by atoms with Crippen LogP contribution >= 0.6 is 0 Å². The highest BCUT2D eigenvalue weighted by Crippen LogP contribution is 2.40. The number of hydrogen-bond donors (Lipinski definition) is 1. The summed E-state index contributed by atoms with van der Waals surface area (Å²) in [6.07, 6.45) is 7.88. The van der Waals surface area contributed by atoms with Crippen LogP contribution in [0, 0.1) is 18.7 Å². The van der Waals surface area contributed by atoms with Crippen molar-refractivity contribution in [3.8, 4) is 0 Å². The zero-order chi connectivity index (χ0) is 13.4. The molecule has 2 atom stereocenters. The summed E-state index contributed by atoms with van der Waals surface area (Å²) in [6.45, 7) is 2.89. The summed E-state index contributed by atoms with van der Waals surface area (Å²) in [5.74, 6) is 0.616. The van der Waals surface area contributed by atoms with Gasteiger partial charge in [0.15, 0.2) is 0 Å². The van der Waals surface area contributed by atoms with Gasteiger partial charge in [0, 0.05) is 12.6 Å². The van der Waals surface area contributed by atoms with Crippen LogP contribution in [0.2, 0.25) is 0 Å². The maximum Gasteiger partial charge on any atom is 0.128 e. The van der Waals surface area contributed by atoms with Crippen molar-refractivity contribution < 1.29 is 4.39 Å². The maximum atomic E-state index is 13.6. The summed E-state index contributed by atoms with van der Waals surface area (Å²) < 4.78 is 13.6. The molecule has 0 bridgehead atoms. The van der Waals surface area contributed by atoms with Crippen LogP contribution in [-0.2, 0) is 0 Å². The first-order valence-corrected chi connectivity index (χ1v) is 7.49. The largest absolute Gasteiger partial charge is 0.397 e. The van der Waals surface area contributed by atoms with Crippen molar-refractivity contribution in [3.05, 3.63) is 23.5 Å². The summed E-state index contributed by atoms with van der Waals surface area (Å²) >= 11 is 0. The molecule has 2 unspecified atom stereocenters. The van der Waals surface area contributed by atoms with Gasteiger partial charge in [-0.15, -0.1) is 0 Å². The minimum atomic E-state index is -0.196. The number of nitrogens with two attached hydrogens (primary N) is 1. The van der Waals surface area contributed by atoms with Gasteiger partial charge < -0.3 is 10.6 Å². The fourth-order valence-electron chi connectivity index (χ4n) is 3.85. The molecule has 3 heteroatoms. The van der Waals surface area contributed by atoms with Crippen LogP contribution in [0.4, 0.5) is 15.8 Å². The third kappa shape index (κ3) is 2.31. The number of rotatable bonds is 1. The van der Waals surface area contributed by atoms with Gasteiger partial charge in [-0.05, 0) is 56.2 Å².